The molecule has 0 saturated heterocycles. The molecule has 0 aromatic heterocycles. The molecule has 0 aliphatic carbocycles. The summed E-state index contributed by atoms with van der Waals surface area (Å²) < 4.78 is 28.6. The van der Waals surface area contributed by atoms with Gasteiger partial charge in [0.05, 0.1) is 0 Å². The fraction of sp³-hybridized carbons (Fsp3) is 1.00. The minimum atomic E-state index is -3.94. The van der Waals surface area contributed by atoms with E-state index < -0.39 is 10.9 Å². The molecule has 0 atom stereocenters. The van der Waals surface area contributed by atoms with Gasteiger partial charge in [0.2, 0.25) is 0.760 Å². The van der Waals surface area contributed by atoms with Gasteiger partial charge < -0.3 is 0 Å². The van der Waals surface area contributed by atoms with Crippen LogP contribution in [-0.4, -0.2) is 15.7 Å². The highest BCUT2D eigenvalue weighted by atomic mass is 127. The fourth-order valence-electron chi connectivity index (χ4n) is 0.113. The normalized spacial score (nSPS) is 14.2. The molecule has 62 valence electrons. The van der Waals surface area contributed by atoms with Crippen LogP contribution in [0.5, 0.6) is 0 Å². The first-order valence-electron chi connectivity index (χ1n) is 1.82. The zero-order valence-corrected chi connectivity index (χ0v) is 13.7. The Kier molecular flexibility index (Phi) is 5.60. The summed E-state index contributed by atoms with van der Waals surface area (Å²) in [4.78, 5) is 0. The number of hydrogen-bond donors (Lipinski definition) is 1. The lowest BCUT2D eigenvalue weighted by Gasteiger charge is -2.17. The Morgan fingerprint density at radius 3 is 1.60 bits per heavy atom. The first-order chi connectivity index (χ1) is 4.19. The molecule has 1 N–H and O–H groups in total. The molecule has 0 spiro atoms. The summed E-state index contributed by atoms with van der Waals surface area (Å²) in [6.45, 7) is 0. The topological polar surface area (TPSA) is 54.4 Å². The lowest BCUT2D eigenvalue weighted by Crippen LogP contribution is -2.29. The van der Waals surface area contributed by atoms with E-state index in [0.717, 1.165) is 0 Å². The van der Waals surface area contributed by atoms with Crippen LogP contribution in [0.3, 0.4) is 0 Å². The Hall–Kier alpha value is 2.83. The van der Waals surface area contributed by atoms with Crippen LogP contribution in [0.1, 0.15) is 0 Å². The lowest BCUT2D eigenvalue weighted by molar-refractivity contribution is 0.482. The predicted molar refractivity (Wildman–Crippen MR) is 74.1 cm³/mol. The van der Waals surface area contributed by atoms with Crippen molar-refractivity contribution >= 4 is 100 Å². The van der Waals surface area contributed by atoms with Crippen LogP contribution in [0.15, 0.2) is 0 Å². The minimum Gasteiger partial charge on any atom is -0.284 e. The van der Waals surface area contributed by atoms with E-state index in [1.54, 1.807) is 45.2 Å². The highest BCUT2D eigenvalue weighted by Gasteiger charge is 2.42. The van der Waals surface area contributed by atoms with Crippen LogP contribution in [0.4, 0.5) is 0 Å². The maximum atomic E-state index is 10.6. The van der Waals surface area contributed by atoms with Gasteiger partial charge in [-0.1, -0.05) is 45.2 Å². The minimum absolute atomic E-state index is 0.168. The Morgan fingerprint density at radius 2 is 1.60 bits per heavy atom. The molecule has 0 bridgehead atoms. The first-order valence-corrected chi connectivity index (χ1v) is 7.91. The Balaban J connectivity index is 4.76. The van der Waals surface area contributed by atoms with Crippen LogP contribution in [0.2, 0.25) is 0 Å². The second kappa shape index (κ2) is 4.36. The van der Waals surface area contributed by atoms with Gasteiger partial charge in [-0.3, -0.25) is 4.55 Å². The summed E-state index contributed by atoms with van der Waals surface area (Å²) in [6, 6.07) is 0. The third-order valence-electron chi connectivity index (χ3n) is 0.598. The number of alkyl halides is 4. The largest absolute Gasteiger partial charge is 0.291 e. The van der Waals surface area contributed by atoms with Crippen molar-refractivity contribution in [1.29, 1.82) is 0 Å². The van der Waals surface area contributed by atoms with E-state index in [4.69, 9.17) is 4.55 Å². The highest BCUT2D eigenvalue weighted by Crippen LogP contribution is 2.43. The maximum Gasteiger partial charge on any atom is 0.291 e. The zero-order chi connectivity index (χ0) is 8.58. The van der Waals surface area contributed by atoms with Gasteiger partial charge in [-0.05, 0) is 45.2 Å². The molecule has 0 fully saturated rings. The van der Waals surface area contributed by atoms with Crippen LogP contribution in [0, 0.1) is 0 Å². The Morgan fingerprint density at radius 1 is 1.30 bits per heavy atom. The van der Waals surface area contributed by atoms with E-state index in [0.29, 0.717) is 0 Å². The molecule has 8 heteroatoms. The van der Waals surface area contributed by atoms with Crippen molar-refractivity contribution in [3.63, 3.8) is 0 Å². The summed E-state index contributed by atoms with van der Waals surface area (Å²) >= 11 is 7.30. The fourth-order valence-corrected chi connectivity index (χ4v) is 2.27. The van der Waals surface area contributed by atoms with Crippen molar-refractivity contribution in [3.05, 3.63) is 0 Å². The molecule has 0 rings (SSSR count). The van der Waals surface area contributed by atoms with Gasteiger partial charge >= 0.3 is 0 Å². The third-order valence-corrected chi connectivity index (χ3v) is 13.6. The van der Waals surface area contributed by atoms with Gasteiger partial charge in [0.15, 0.2) is 0 Å². The summed E-state index contributed by atoms with van der Waals surface area (Å²) in [5.41, 5.74) is 0. The molecule has 0 unspecified atom stereocenters. The van der Waals surface area contributed by atoms with Crippen LogP contribution < -0.4 is 0 Å². The standard InChI is InChI=1S/C2H2I4O3S/c3-1(4)2(5,6)10(7,8)9/h1H,(H,7,8,9). The highest BCUT2D eigenvalue weighted by molar-refractivity contribution is 14.2. The second-order valence-corrected chi connectivity index (χ2v) is 14.7. The van der Waals surface area contributed by atoms with Gasteiger partial charge in [0, 0.05) is 0 Å². The molecule has 0 aliphatic heterocycles. The Labute approximate surface area is 114 Å². The summed E-state index contributed by atoms with van der Waals surface area (Å²) in [5, 5.41) is 0. The summed E-state index contributed by atoms with van der Waals surface area (Å²) in [7, 11) is -3.94. The Bertz CT molecular complexity index is 207. The van der Waals surface area contributed by atoms with Crippen molar-refractivity contribution in [2.75, 3.05) is 0 Å². The van der Waals surface area contributed by atoms with Crippen LogP contribution >= 0.6 is 90.4 Å². The molecule has 3 nitrogen and oxygen atoms in total. The number of rotatable bonds is 2. The van der Waals surface area contributed by atoms with Crippen LogP contribution in [0.25, 0.3) is 0 Å². The first kappa shape index (κ1) is 12.8. The molecular weight excluding hydrogens is 612 g/mol. The van der Waals surface area contributed by atoms with E-state index >= 15 is 0 Å². The molecule has 0 heterocycles. The third kappa shape index (κ3) is 3.29. The van der Waals surface area contributed by atoms with E-state index in [2.05, 4.69) is 0 Å². The molecule has 10 heavy (non-hydrogen) atoms. The predicted octanol–water partition coefficient (Wildman–Crippen LogP) is 2.59. The van der Waals surface area contributed by atoms with Crippen molar-refractivity contribution in [2.24, 2.45) is 0 Å². The van der Waals surface area contributed by atoms with Gasteiger partial charge in [0.1, 0.15) is 1.93 Å². The molecule has 0 amide bonds. The van der Waals surface area contributed by atoms with E-state index in [9.17, 15) is 8.42 Å². The van der Waals surface area contributed by atoms with E-state index in [-0.39, 0.29) is 1.93 Å². The molecule has 0 radical (unpaired) electrons. The number of hydrogen-bond acceptors (Lipinski definition) is 2. The van der Waals surface area contributed by atoms with E-state index in [1.807, 2.05) is 45.2 Å². The summed E-state index contributed by atoms with van der Waals surface area (Å²) in [6.07, 6.45) is 0. The molecule has 0 aromatic carbocycles. The maximum absolute atomic E-state index is 10.6. The molecular formula is C2H2I4O3S. The molecule has 0 aromatic rings. The SMILES string of the molecule is O=S(=O)(O)C(I)(I)C(I)I. The van der Waals surface area contributed by atoms with Crippen molar-refractivity contribution < 1.29 is 13.0 Å². The molecule has 0 aliphatic rings. The van der Waals surface area contributed by atoms with Gasteiger partial charge in [0.25, 0.3) is 10.1 Å². The monoisotopic (exact) mass is 614 g/mol. The number of halogens is 4. The van der Waals surface area contributed by atoms with E-state index in [1.165, 1.54) is 0 Å². The average Bonchev–Trinajstić information content (AvgIpc) is 1.62. The quantitative estimate of drug-likeness (QED) is 0.296. The lowest BCUT2D eigenvalue weighted by atomic mass is 11.0. The van der Waals surface area contributed by atoms with Gasteiger partial charge in [-0.2, -0.15) is 8.42 Å². The van der Waals surface area contributed by atoms with Crippen molar-refractivity contribution in [3.8, 4) is 0 Å². The van der Waals surface area contributed by atoms with Crippen LogP contribution in [-0.2, 0) is 10.1 Å². The smallest absolute Gasteiger partial charge is 0.284 e. The van der Waals surface area contributed by atoms with Crippen molar-refractivity contribution in [1.82, 2.24) is 0 Å². The average molecular weight is 614 g/mol. The molecule has 0 saturated carbocycles. The van der Waals surface area contributed by atoms with Gasteiger partial charge in [-0.15, -0.1) is 0 Å². The van der Waals surface area contributed by atoms with Crippen molar-refractivity contribution in [2.45, 2.75) is 2.69 Å². The second-order valence-electron chi connectivity index (χ2n) is 1.34. The summed E-state index contributed by atoms with van der Waals surface area (Å²) in [5.74, 6) is 0. The van der Waals surface area contributed by atoms with Gasteiger partial charge in [-0.25, -0.2) is 0 Å². The zero-order valence-electron chi connectivity index (χ0n) is 4.26.